The molecule has 1 aliphatic rings. The average Bonchev–Trinajstić information content (AvgIpc) is 3.27. The maximum atomic E-state index is 12.4. The molecule has 3 rings (SSSR count). The Morgan fingerprint density at radius 1 is 1.33 bits per heavy atom. The lowest BCUT2D eigenvalue weighted by atomic mass is 10.1. The van der Waals surface area contributed by atoms with Crippen molar-refractivity contribution in [2.24, 2.45) is 0 Å². The van der Waals surface area contributed by atoms with Crippen LogP contribution >= 0.6 is 15.9 Å². The third-order valence-corrected chi connectivity index (χ3v) is 4.10. The molecule has 1 amide bonds. The number of hydrogen-bond donors (Lipinski definition) is 2. The van der Waals surface area contributed by atoms with Gasteiger partial charge in [0.2, 0.25) is 0 Å². The van der Waals surface area contributed by atoms with Crippen molar-refractivity contribution in [2.45, 2.75) is 18.4 Å². The molecule has 1 aromatic carbocycles. The predicted octanol–water partition coefficient (Wildman–Crippen LogP) is 3.17. The summed E-state index contributed by atoms with van der Waals surface area (Å²) in [5, 5.41) is 6.03. The Morgan fingerprint density at radius 3 is 2.81 bits per heavy atom. The van der Waals surface area contributed by atoms with Crippen molar-refractivity contribution in [1.82, 2.24) is 10.3 Å². The van der Waals surface area contributed by atoms with E-state index in [4.69, 9.17) is 0 Å². The first kappa shape index (κ1) is 14.1. The van der Waals surface area contributed by atoms with Crippen molar-refractivity contribution in [3.63, 3.8) is 0 Å². The molecule has 108 valence electrons. The molecule has 2 unspecified atom stereocenters. The molecule has 21 heavy (non-hydrogen) atoms. The number of nitrogens with zero attached hydrogens (tertiary/aromatic N) is 1. The molecular weight excluding hydrogens is 330 g/mol. The predicted molar refractivity (Wildman–Crippen MR) is 86.5 cm³/mol. The van der Waals surface area contributed by atoms with E-state index in [1.54, 1.807) is 19.3 Å². The Morgan fingerprint density at radius 2 is 2.10 bits per heavy atom. The summed E-state index contributed by atoms with van der Waals surface area (Å²) in [5.74, 6) is 0.928. The van der Waals surface area contributed by atoms with Crippen LogP contribution in [0.3, 0.4) is 0 Å². The fourth-order valence-electron chi connectivity index (χ4n) is 2.48. The molecule has 1 fully saturated rings. The summed E-state index contributed by atoms with van der Waals surface area (Å²) in [5.41, 5.74) is 1.84. The first-order valence-electron chi connectivity index (χ1n) is 6.88. The van der Waals surface area contributed by atoms with Gasteiger partial charge in [-0.3, -0.25) is 4.79 Å². The fraction of sp³-hybridized carbons (Fsp3) is 0.250. The van der Waals surface area contributed by atoms with E-state index in [0.717, 1.165) is 10.9 Å². The van der Waals surface area contributed by atoms with Gasteiger partial charge in [-0.15, -0.1) is 0 Å². The SMILES string of the molecule is CNc1ncc(Br)cc1C(=O)NC1CC1c1ccccc1. The zero-order chi connectivity index (χ0) is 14.8. The molecule has 0 aliphatic heterocycles. The number of carbonyl (C=O) groups excluding carboxylic acids is 1. The van der Waals surface area contributed by atoms with Crippen LogP contribution in [0.1, 0.15) is 28.3 Å². The number of anilines is 1. The standard InChI is InChI=1S/C16H16BrN3O/c1-18-15-13(7-11(17)9-19-15)16(21)20-14-8-12(14)10-5-3-2-4-6-10/h2-7,9,12,14H,8H2,1H3,(H,18,19)(H,20,21). The van der Waals surface area contributed by atoms with E-state index in [0.29, 0.717) is 17.3 Å². The van der Waals surface area contributed by atoms with Gasteiger partial charge in [0.05, 0.1) is 5.56 Å². The van der Waals surface area contributed by atoms with Crippen molar-refractivity contribution in [3.8, 4) is 0 Å². The van der Waals surface area contributed by atoms with Crippen LogP contribution in [0.5, 0.6) is 0 Å². The maximum Gasteiger partial charge on any atom is 0.255 e. The molecule has 5 heteroatoms. The van der Waals surface area contributed by atoms with Crippen LogP contribution in [0.2, 0.25) is 0 Å². The minimum Gasteiger partial charge on any atom is -0.372 e. The largest absolute Gasteiger partial charge is 0.372 e. The van der Waals surface area contributed by atoms with Gasteiger partial charge in [0.25, 0.3) is 5.91 Å². The Balaban J connectivity index is 1.70. The molecule has 2 atom stereocenters. The third-order valence-electron chi connectivity index (χ3n) is 3.67. The summed E-state index contributed by atoms with van der Waals surface area (Å²) in [6, 6.07) is 12.3. The van der Waals surface area contributed by atoms with E-state index in [9.17, 15) is 4.79 Å². The molecule has 0 bridgehead atoms. The summed E-state index contributed by atoms with van der Waals surface area (Å²) >= 11 is 3.35. The zero-order valence-electron chi connectivity index (χ0n) is 11.6. The van der Waals surface area contributed by atoms with Crippen LogP contribution in [-0.4, -0.2) is 24.0 Å². The number of carbonyl (C=O) groups is 1. The lowest BCUT2D eigenvalue weighted by Gasteiger charge is -2.09. The van der Waals surface area contributed by atoms with Crippen LogP contribution in [0.15, 0.2) is 47.1 Å². The molecule has 0 radical (unpaired) electrons. The van der Waals surface area contributed by atoms with Crippen LogP contribution < -0.4 is 10.6 Å². The van der Waals surface area contributed by atoms with Crippen molar-refractivity contribution >= 4 is 27.7 Å². The second-order valence-electron chi connectivity index (χ2n) is 5.13. The number of benzene rings is 1. The van der Waals surface area contributed by atoms with Gasteiger partial charge < -0.3 is 10.6 Å². The van der Waals surface area contributed by atoms with Gasteiger partial charge >= 0.3 is 0 Å². The molecule has 0 saturated heterocycles. The molecule has 0 spiro atoms. The minimum absolute atomic E-state index is 0.0865. The maximum absolute atomic E-state index is 12.4. The highest BCUT2D eigenvalue weighted by Crippen LogP contribution is 2.40. The fourth-order valence-corrected chi connectivity index (χ4v) is 2.81. The van der Waals surface area contributed by atoms with Crippen molar-refractivity contribution < 1.29 is 4.79 Å². The minimum atomic E-state index is -0.0865. The van der Waals surface area contributed by atoms with E-state index < -0.39 is 0 Å². The molecule has 1 saturated carbocycles. The van der Waals surface area contributed by atoms with Gasteiger partial charge in [-0.2, -0.15) is 0 Å². The first-order valence-corrected chi connectivity index (χ1v) is 7.67. The Hall–Kier alpha value is -1.88. The van der Waals surface area contributed by atoms with Crippen molar-refractivity contribution in [3.05, 3.63) is 58.2 Å². The van der Waals surface area contributed by atoms with Crippen molar-refractivity contribution in [1.29, 1.82) is 0 Å². The van der Waals surface area contributed by atoms with E-state index in [2.05, 4.69) is 43.7 Å². The van der Waals surface area contributed by atoms with Crippen LogP contribution in [0, 0.1) is 0 Å². The summed E-state index contributed by atoms with van der Waals surface area (Å²) < 4.78 is 0.794. The van der Waals surface area contributed by atoms with Gasteiger partial charge in [0.1, 0.15) is 5.82 Å². The quantitative estimate of drug-likeness (QED) is 0.894. The molecule has 2 aromatic rings. The number of hydrogen-bond acceptors (Lipinski definition) is 3. The summed E-state index contributed by atoms with van der Waals surface area (Å²) in [7, 11) is 1.76. The Kier molecular flexibility index (Phi) is 3.92. The van der Waals surface area contributed by atoms with Gasteiger partial charge in [0, 0.05) is 29.7 Å². The summed E-state index contributed by atoms with van der Waals surface area (Å²) in [4.78, 5) is 16.6. The topological polar surface area (TPSA) is 54.0 Å². The highest BCUT2D eigenvalue weighted by atomic mass is 79.9. The normalized spacial score (nSPS) is 19.9. The third kappa shape index (κ3) is 3.08. The van der Waals surface area contributed by atoms with E-state index in [1.807, 2.05) is 18.2 Å². The second kappa shape index (κ2) is 5.85. The Bertz CT molecular complexity index is 660. The second-order valence-corrected chi connectivity index (χ2v) is 6.05. The number of halogens is 1. The zero-order valence-corrected chi connectivity index (χ0v) is 13.2. The van der Waals surface area contributed by atoms with Gasteiger partial charge in [-0.25, -0.2) is 4.98 Å². The first-order chi connectivity index (χ1) is 10.2. The molecule has 1 heterocycles. The molecular formula is C16H16BrN3O. The smallest absolute Gasteiger partial charge is 0.255 e. The molecule has 1 aromatic heterocycles. The highest BCUT2D eigenvalue weighted by molar-refractivity contribution is 9.10. The van der Waals surface area contributed by atoms with E-state index in [1.165, 1.54) is 5.56 Å². The van der Waals surface area contributed by atoms with Crippen LogP contribution in [-0.2, 0) is 0 Å². The van der Waals surface area contributed by atoms with Gasteiger partial charge in [-0.05, 0) is 34.0 Å². The van der Waals surface area contributed by atoms with E-state index >= 15 is 0 Å². The molecule has 4 nitrogen and oxygen atoms in total. The van der Waals surface area contributed by atoms with Crippen LogP contribution in [0.4, 0.5) is 5.82 Å². The van der Waals surface area contributed by atoms with Crippen LogP contribution in [0.25, 0.3) is 0 Å². The average molecular weight is 346 g/mol. The number of rotatable bonds is 4. The van der Waals surface area contributed by atoms with Gasteiger partial charge in [-0.1, -0.05) is 30.3 Å². The van der Waals surface area contributed by atoms with E-state index in [-0.39, 0.29) is 11.9 Å². The van der Waals surface area contributed by atoms with Gasteiger partial charge in [0.15, 0.2) is 0 Å². The number of nitrogens with one attached hydrogen (secondary N) is 2. The molecule has 2 N–H and O–H groups in total. The summed E-state index contributed by atoms with van der Waals surface area (Å²) in [6.07, 6.45) is 2.67. The molecule has 1 aliphatic carbocycles. The highest BCUT2D eigenvalue weighted by Gasteiger charge is 2.39. The summed E-state index contributed by atoms with van der Waals surface area (Å²) in [6.45, 7) is 0. The monoisotopic (exact) mass is 345 g/mol. The lowest BCUT2D eigenvalue weighted by molar-refractivity contribution is 0.0951. The number of amides is 1. The number of aromatic nitrogens is 1. The lowest BCUT2D eigenvalue weighted by Crippen LogP contribution is -2.27. The number of pyridine rings is 1. The van der Waals surface area contributed by atoms with Crippen molar-refractivity contribution in [2.75, 3.05) is 12.4 Å². The Labute approximate surface area is 132 Å².